The lowest BCUT2D eigenvalue weighted by Crippen LogP contribution is -2.30. The van der Waals surface area contributed by atoms with Gasteiger partial charge in [-0.25, -0.2) is 0 Å². The zero-order valence-corrected chi connectivity index (χ0v) is 16.5. The lowest BCUT2D eigenvalue weighted by molar-refractivity contribution is -0.153. The number of anilines is 1. The molecule has 2 rings (SSSR count). The summed E-state index contributed by atoms with van der Waals surface area (Å²) in [6.45, 7) is 5.87. The molecule has 0 aliphatic heterocycles. The molecule has 6 heteroatoms. The van der Waals surface area contributed by atoms with Crippen LogP contribution >= 0.6 is 11.6 Å². The van der Waals surface area contributed by atoms with Crippen molar-refractivity contribution in [1.29, 1.82) is 0 Å². The van der Waals surface area contributed by atoms with Crippen molar-refractivity contribution in [2.45, 2.75) is 39.7 Å². The van der Waals surface area contributed by atoms with Gasteiger partial charge in [-0.2, -0.15) is 0 Å². The highest BCUT2D eigenvalue weighted by atomic mass is 35.5. The summed E-state index contributed by atoms with van der Waals surface area (Å²) in [7, 11) is 0. The zero-order valence-electron chi connectivity index (χ0n) is 15.8. The monoisotopic (exact) mass is 389 g/mol. The number of ether oxygens (including phenoxy) is 2. The van der Waals surface area contributed by atoms with Crippen molar-refractivity contribution in [2.75, 3.05) is 11.9 Å². The molecule has 27 heavy (non-hydrogen) atoms. The maximum atomic E-state index is 12.3. The maximum Gasteiger partial charge on any atom is 0.306 e. The summed E-state index contributed by atoms with van der Waals surface area (Å²) < 4.78 is 10.8. The van der Waals surface area contributed by atoms with Gasteiger partial charge in [-0.05, 0) is 56.5 Å². The Hall–Kier alpha value is -2.53. The zero-order chi connectivity index (χ0) is 19.8. The molecule has 0 spiro atoms. The third-order valence-corrected chi connectivity index (χ3v) is 4.24. The van der Waals surface area contributed by atoms with E-state index in [1.165, 1.54) is 0 Å². The van der Waals surface area contributed by atoms with Crippen LogP contribution in [-0.4, -0.2) is 24.6 Å². The molecule has 2 aromatic carbocycles. The Bertz CT molecular complexity index is 807. The number of aryl methyl sites for hydroxylation is 2. The van der Waals surface area contributed by atoms with Gasteiger partial charge in [0.25, 0.3) is 5.91 Å². The summed E-state index contributed by atoms with van der Waals surface area (Å²) in [6.07, 6.45) is -0.257. The highest BCUT2D eigenvalue weighted by Gasteiger charge is 2.19. The van der Waals surface area contributed by atoms with Crippen LogP contribution in [-0.2, 0) is 20.7 Å². The fourth-order valence-electron chi connectivity index (χ4n) is 2.52. The Kier molecular flexibility index (Phi) is 7.67. The summed E-state index contributed by atoms with van der Waals surface area (Å²) in [5, 5.41) is 3.26. The third-order valence-electron chi connectivity index (χ3n) is 4.01. The molecule has 2 aromatic rings. The fraction of sp³-hybridized carbons (Fsp3) is 0.333. The van der Waals surface area contributed by atoms with Crippen molar-refractivity contribution in [3.63, 3.8) is 0 Å². The van der Waals surface area contributed by atoms with Crippen LogP contribution in [0, 0.1) is 6.92 Å². The average molecular weight is 390 g/mol. The van der Waals surface area contributed by atoms with Gasteiger partial charge in [-0.1, -0.05) is 35.9 Å². The van der Waals surface area contributed by atoms with Crippen LogP contribution in [0.15, 0.2) is 42.5 Å². The molecular formula is C21H24ClNO4. The summed E-state index contributed by atoms with van der Waals surface area (Å²) in [5.41, 5.74) is 2.41. The van der Waals surface area contributed by atoms with E-state index in [1.54, 1.807) is 19.1 Å². The second kappa shape index (κ2) is 9.97. The molecule has 0 bridgehead atoms. The summed E-state index contributed by atoms with van der Waals surface area (Å²) in [4.78, 5) is 24.4. The molecule has 0 radical (unpaired) electrons. The molecule has 5 nitrogen and oxygen atoms in total. The van der Waals surface area contributed by atoms with Gasteiger partial charge >= 0.3 is 5.97 Å². The van der Waals surface area contributed by atoms with E-state index in [4.69, 9.17) is 21.1 Å². The van der Waals surface area contributed by atoms with E-state index in [2.05, 4.69) is 5.32 Å². The largest absolute Gasteiger partial charge is 0.494 e. The Labute approximate surface area is 164 Å². The highest BCUT2D eigenvalue weighted by Crippen LogP contribution is 2.21. The lowest BCUT2D eigenvalue weighted by atomic mass is 10.1. The van der Waals surface area contributed by atoms with Crippen LogP contribution in [0.4, 0.5) is 5.69 Å². The van der Waals surface area contributed by atoms with Crippen molar-refractivity contribution >= 4 is 29.2 Å². The van der Waals surface area contributed by atoms with Gasteiger partial charge in [0, 0.05) is 17.1 Å². The van der Waals surface area contributed by atoms with Gasteiger partial charge in [-0.15, -0.1) is 0 Å². The topological polar surface area (TPSA) is 64.6 Å². The summed E-state index contributed by atoms with van der Waals surface area (Å²) in [6, 6.07) is 12.8. The van der Waals surface area contributed by atoms with E-state index in [1.807, 2.05) is 44.2 Å². The van der Waals surface area contributed by atoms with E-state index in [-0.39, 0.29) is 6.42 Å². The van der Waals surface area contributed by atoms with Crippen LogP contribution in [0.1, 0.15) is 31.4 Å². The van der Waals surface area contributed by atoms with Gasteiger partial charge in [-0.3, -0.25) is 9.59 Å². The number of hydrogen-bond acceptors (Lipinski definition) is 4. The molecular weight excluding hydrogens is 366 g/mol. The highest BCUT2D eigenvalue weighted by molar-refractivity contribution is 6.31. The predicted molar refractivity (Wildman–Crippen MR) is 106 cm³/mol. The van der Waals surface area contributed by atoms with Crippen molar-refractivity contribution in [1.82, 2.24) is 0 Å². The van der Waals surface area contributed by atoms with Crippen LogP contribution in [0.3, 0.4) is 0 Å². The normalized spacial score (nSPS) is 11.6. The maximum absolute atomic E-state index is 12.3. The van der Waals surface area contributed by atoms with Crippen LogP contribution in [0.25, 0.3) is 0 Å². The Morgan fingerprint density at radius 1 is 1.19 bits per heavy atom. The number of rotatable bonds is 8. The molecule has 144 valence electrons. The minimum atomic E-state index is -0.905. The average Bonchev–Trinajstić information content (AvgIpc) is 2.64. The van der Waals surface area contributed by atoms with Gasteiger partial charge in [0.15, 0.2) is 6.10 Å². The molecule has 0 aliphatic rings. The van der Waals surface area contributed by atoms with Crippen molar-refractivity contribution in [3.8, 4) is 5.75 Å². The van der Waals surface area contributed by atoms with Crippen LogP contribution in [0.2, 0.25) is 5.02 Å². The Morgan fingerprint density at radius 2 is 1.93 bits per heavy atom. The summed E-state index contributed by atoms with van der Waals surface area (Å²) in [5.74, 6) is -0.0785. The molecule has 1 amide bonds. The quantitative estimate of drug-likeness (QED) is 0.672. The standard InChI is InChI=1S/C21H24ClNO4/c1-4-26-19-8-6-5-7-16(19)10-12-20(24)27-15(3)21(25)23-18-13-17(22)11-9-14(18)2/h5-9,11,13,15H,4,10,12H2,1-3H3,(H,23,25)/t15-/m0/s1. The third kappa shape index (κ3) is 6.29. The Morgan fingerprint density at radius 3 is 2.67 bits per heavy atom. The number of carbonyl (C=O) groups is 2. The van der Waals surface area contributed by atoms with Crippen molar-refractivity contribution < 1.29 is 19.1 Å². The number of para-hydroxylation sites is 1. The number of hydrogen-bond donors (Lipinski definition) is 1. The second-order valence-electron chi connectivity index (χ2n) is 6.12. The fourth-order valence-corrected chi connectivity index (χ4v) is 2.69. The van der Waals surface area contributed by atoms with E-state index in [0.717, 1.165) is 16.9 Å². The second-order valence-corrected chi connectivity index (χ2v) is 6.56. The predicted octanol–water partition coefficient (Wildman–Crippen LogP) is 4.55. The number of amides is 1. The molecule has 0 unspecified atom stereocenters. The van der Waals surface area contributed by atoms with E-state index in [9.17, 15) is 9.59 Å². The molecule has 0 fully saturated rings. The number of benzene rings is 2. The van der Waals surface area contributed by atoms with Gasteiger partial charge < -0.3 is 14.8 Å². The SMILES string of the molecule is CCOc1ccccc1CCC(=O)O[C@@H](C)C(=O)Nc1cc(Cl)ccc1C. The van der Waals surface area contributed by atoms with Crippen molar-refractivity contribution in [2.24, 2.45) is 0 Å². The molecule has 0 aliphatic carbocycles. The number of halogens is 1. The van der Waals surface area contributed by atoms with Gasteiger partial charge in [0.05, 0.1) is 6.61 Å². The van der Waals surface area contributed by atoms with E-state index >= 15 is 0 Å². The molecule has 1 atom stereocenters. The first-order valence-corrected chi connectivity index (χ1v) is 9.25. The number of carbonyl (C=O) groups excluding carboxylic acids is 2. The smallest absolute Gasteiger partial charge is 0.306 e. The van der Waals surface area contributed by atoms with E-state index < -0.39 is 18.0 Å². The minimum Gasteiger partial charge on any atom is -0.494 e. The molecule has 1 N–H and O–H groups in total. The van der Waals surface area contributed by atoms with Crippen LogP contribution in [0.5, 0.6) is 5.75 Å². The first kappa shape index (κ1) is 20.8. The lowest BCUT2D eigenvalue weighted by Gasteiger charge is -2.15. The molecule has 0 saturated heterocycles. The molecule has 0 saturated carbocycles. The van der Waals surface area contributed by atoms with Gasteiger partial charge in [0.2, 0.25) is 0 Å². The van der Waals surface area contributed by atoms with Crippen LogP contribution < -0.4 is 10.1 Å². The number of nitrogens with one attached hydrogen (secondary N) is 1. The number of esters is 1. The first-order valence-electron chi connectivity index (χ1n) is 8.88. The molecule has 0 heterocycles. The van der Waals surface area contributed by atoms with E-state index in [0.29, 0.717) is 23.7 Å². The van der Waals surface area contributed by atoms with Crippen molar-refractivity contribution in [3.05, 3.63) is 58.6 Å². The first-order chi connectivity index (χ1) is 12.9. The minimum absolute atomic E-state index is 0.165. The molecule has 0 aromatic heterocycles. The van der Waals surface area contributed by atoms with Gasteiger partial charge in [0.1, 0.15) is 5.75 Å². The summed E-state index contributed by atoms with van der Waals surface area (Å²) >= 11 is 5.95. The Balaban J connectivity index is 1.88.